The van der Waals surface area contributed by atoms with E-state index in [-0.39, 0.29) is 24.5 Å². The molecule has 2 fully saturated rings. The summed E-state index contributed by atoms with van der Waals surface area (Å²) in [5.41, 5.74) is 1.76. The second-order valence-electron chi connectivity index (χ2n) is 10.5. The van der Waals surface area contributed by atoms with Gasteiger partial charge in [-0.05, 0) is 63.6 Å². The van der Waals surface area contributed by atoms with E-state index in [2.05, 4.69) is 26.7 Å². The van der Waals surface area contributed by atoms with Gasteiger partial charge in [-0.15, -0.1) is 5.10 Å². The van der Waals surface area contributed by atoms with Gasteiger partial charge in [-0.25, -0.2) is 9.78 Å². The second-order valence-corrected chi connectivity index (χ2v) is 10.5. The van der Waals surface area contributed by atoms with Gasteiger partial charge in [0.25, 0.3) is 5.89 Å². The molecule has 3 heterocycles. The maximum Gasteiger partial charge on any atom is 0.410 e. The van der Waals surface area contributed by atoms with Crippen LogP contribution in [0.15, 0.2) is 41.2 Å². The smallest absolute Gasteiger partial charge is 0.410 e. The number of carbonyl (C=O) groups excluding carboxylic acids is 2. The molecule has 1 saturated heterocycles. The van der Waals surface area contributed by atoms with Crippen LogP contribution in [0.25, 0.3) is 11.3 Å². The highest BCUT2D eigenvalue weighted by atomic mass is 16.6. The minimum absolute atomic E-state index is 0.0670. The molecule has 0 spiro atoms. The summed E-state index contributed by atoms with van der Waals surface area (Å²) < 4.78 is 13.1. The number of benzene rings is 1. The van der Waals surface area contributed by atoms with Gasteiger partial charge in [-0.1, -0.05) is 11.3 Å². The van der Waals surface area contributed by atoms with E-state index in [4.69, 9.17) is 9.15 Å². The van der Waals surface area contributed by atoms with Gasteiger partial charge in [-0.3, -0.25) is 9.48 Å². The van der Waals surface area contributed by atoms with Crippen LogP contribution in [0.2, 0.25) is 0 Å². The van der Waals surface area contributed by atoms with E-state index in [1.165, 1.54) is 6.20 Å². The highest BCUT2D eigenvalue weighted by Gasteiger charge is 2.39. The molecule has 5 rings (SSSR count). The fourth-order valence-electron chi connectivity index (χ4n) is 4.62. The first-order chi connectivity index (χ1) is 17.7. The molecule has 192 valence electrons. The molecule has 11 nitrogen and oxygen atoms in total. The predicted molar refractivity (Wildman–Crippen MR) is 131 cm³/mol. The van der Waals surface area contributed by atoms with Crippen molar-refractivity contribution in [3.63, 3.8) is 0 Å². The molecule has 1 saturated carbocycles. The average molecular weight is 504 g/mol. The molecule has 3 aromatic rings. The SMILES string of the molecule is CC(C)(C)OC(=O)N1CC(NC(=O)c2ncc(-c3cc(C#N)ccc3C3CC3)o2)C[C@@H]1Cn1ccnn1. The Morgan fingerprint density at radius 3 is 2.78 bits per heavy atom. The molecule has 37 heavy (non-hydrogen) atoms. The van der Waals surface area contributed by atoms with Gasteiger partial charge in [0.05, 0.1) is 36.6 Å². The molecule has 1 unspecified atom stereocenters. The Kier molecular flexibility index (Phi) is 6.41. The van der Waals surface area contributed by atoms with Crippen LogP contribution in [0.4, 0.5) is 4.79 Å². The number of nitriles is 1. The van der Waals surface area contributed by atoms with Gasteiger partial charge in [0, 0.05) is 24.3 Å². The Morgan fingerprint density at radius 2 is 2.11 bits per heavy atom. The minimum atomic E-state index is -0.646. The van der Waals surface area contributed by atoms with Crippen molar-refractivity contribution in [2.75, 3.05) is 6.54 Å². The Hall–Kier alpha value is -4.20. The number of carbonyl (C=O) groups is 2. The fraction of sp³-hybridized carbons (Fsp3) is 0.462. The number of nitrogens with one attached hydrogen (secondary N) is 1. The van der Waals surface area contributed by atoms with Crippen molar-refractivity contribution < 1.29 is 18.7 Å². The number of ether oxygens (including phenoxy) is 1. The van der Waals surface area contributed by atoms with Gasteiger partial charge < -0.3 is 19.4 Å². The van der Waals surface area contributed by atoms with E-state index in [0.29, 0.717) is 30.2 Å². The van der Waals surface area contributed by atoms with Crippen molar-refractivity contribution >= 4 is 12.0 Å². The van der Waals surface area contributed by atoms with Crippen LogP contribution in [0.1, 0.15) is 67.8 Å². The van der Waals surface area contributed by atoms with Crippen LogP contribution >= 0.6 is 0 Å². The maximum atomic E-state index is 13.0. The van der Waals surface area contributed by atoms with E-state index in [1.807, 2.05) is 26.8 Å². The van der Waals surface area contributed by atoms with Crippen molar-refractivity contribution in [1.29, 1.82) is 5.26 Å². The number of aromatic nitrogens is 4. The van der Waals surface area contributed by atoms with Crippen molar-refractivity contribution in [1.82, 2.24) is 30.2 Å². The quantitative estimate of drug-likeness (QED) is 0.539. The molecule has 0 bridgehead atoms. The molecule has 1 aliphatic carbocycles. The van der Waals surface area contributed by atoms with Crippen LogP contribution in [-0.4, -0.2) is 61.1 Å². The van der Waals surface area contributed by atoms with Gasteiger partial charge in [0.1, 0.15) is 5.60 Å². The summed E-state index contributed by atoms with van der Waals surface area (Å²) in [6.45, 7) is 6.15. The number of likely N-dealkylation sites (tertiary alicyclic amines) is 1. The van der Waals surface area contributed by atoms with E-state index in [9.17, 15) is 14.9 Å². The highest BCUT2D eigenvalue weighted by Crippen LogP contribution is 2.44. The Bertz CT molecular complexity index is 1330. The molecule has 2 atom stereocenters. The predicted octanol–water partition coefficient (Wildman–Crippen LogP) is 3.49. The first kappa shape index (κ1) is 24.5. The van der Waals surface area contributed by atoms with Crippen LogP contribution in [-0.2, 0) is 11.3 Å². The van der Waals surface area contributed by atoms with E-state index < -0.39 is 17.6 Å². The number of amides is 2. The third-order valence-corrected chi connectivity index (χ3v) is 6.41. The molecule has 1 aromatic carbocycles. The number of nitrogens with zero attached hydrogens (tertiary/aromatic N) is 6. The van der Waals surface area contributed by atoms with Crippen LogP contribution in [0.5, 0.6) is 0 Å². The third kappa shape index (κ3) is 5.63. The third-order valence-electron chi connectivity index (χ3n) is 6.41. The van der Waals surface area contributed by atoms with Crippen LogP contribution in [0.3, 0.4) is 0 Å². The molecule has 2 aromatic heterocycles. The molecule has 11 heteroatoms. The van der Waals surface area contributed by atoms with Crippen molar-refractivity contribution in [3.05, 3.63) is 53.8 Å². The van der Waals surface area contributed by atoms with Crippen LogP contribution < -0.4 is 5.32 Å². The summed E-state index contributed by atoms with van der Waals surface area (Å²) in [4.78, 5) is 31.8. The van der Waals surface area contributed by atoms with Crippen molar-refractivity contribution in [2.24, 2.45) is 0 Å². The van der Waals surface area contributed by atoms with Crippen molar-refractivity contribution in [3.8, 4) is 17.4 Å². The summed E-state index contributed by atoms with van der Waals surface area (Å²) >= 11 is 0. The number of hydrogen-bond donors (Lipinski definition) is 1. The number of rotatable bonds is 6. The monoisotopic (exact) mass is 503 g/mol. The summed E-state index contributed by atoms with van der Waals surface area (Å²) in [6.07, 6.45) is 7.06. The van der Waals surface area contributed by atoms with Crippen LogP contribution in [0, 0.1) is 11.3 Å². The lowest BCUT2D eigenvalue weighted by Crippen LogP contribution is -2.43. The lowest BCUT2D eigenvalue weighted by atomic mass is 9.99. The van der Waals surface area contributed by atoms with Gasteiger partial charge in [0.15, 0.2) is 5.76 Å². The Balaban J connectivity index is 1.30. The lowest BCUT2D eigenvalue weighted by Gasteiger charge is -2.28. The highest BCUT2D eigenvalue weighted by molar-refractivity contribution is 5.90. The van der Waals surface area contributed by atoms with E-state index in [0.717, 1.165) is 24.0 Å². The lowest BCUT2D eigenvalue weighted by molar-refractivity contribution is 0.0207. The summed E-state index contributed by atoms with van der Waals surface area (Å²) in [7, 11) is 0. The zero-order valence-corrected chi connectivity index (χ0v) is 21.0. The van der Waals surface area contributed by atoms with Gasteiger partial charge >= 0.3 is 12.0 Å². The molecule has 2 amide bonds. The summed E-state index contributed by atoms with van der Waals surface area (Å²) in [5.74, 6) is 0.355. The van der Waals surface area contributed by atoms with Gasteiger partial charge in [-0.2, -0.15) is 5.26 Å². The number of hydrogen-bond acceptors (Lipinski definition) is 8. The first-order valence-electron chi connectivity index (χ1n) is 12.3. The Morgan fingerprint density at radius 1 is 1.30 bits per heavy atom. The number of oxazole rings is 1. The van der Waals surface area contributed by atoms with E-state index >= 15 is 0 Å². The van der Waals surface area contributed by atoms with Gasteiger partial charge in [0.2, 0.25) is 0 Å². The first-order valence-corrected chi connectivity index (χ1v) is 12.3. The Labute approximate surface area is 214 Å². The van der Waals surface area contributed by atoms with Crippen molar-refractivity contribution in [2.45, 2.75) is 70.2 Å². The fourth-order valence-corrected chi connectivity index (χ4v) is 4.62. The molecule has 1 N–H and O–H groups in total. The minimum Gasteiger partial charge on any atom is -0.444 e. The molecule has 0 radical (unpaired) electrons. The molecular weight excluding hydrogens is 474 g/mol. The largest absolute Gasteiger partial charge is 0.444 e. The zero-order chi connectivity index (χ0) is 26.2. The maximum absolute atomic E-state index is 13.0. The summed E-state index contributed by atoms with van der Waals surface area (Å²) in [5, 5.41) is 20.1. The summed E-state index contributed by atoms with van der Waals surface area (Å²) in [6, 6.07) is 7.12. The van der Waals surface area contributed by atoms with E-state index in [1.54, 1.807) is 34.1 Å². The second kappa shape index (κ2) is 9.69. The zero-order valence-electron chi connectivity index (χ0n) is 21.0. The topological polar surface area (TPSA) is 139 Å². The standard InChI is InChI=1S/C26H29N7O4/c1-26(2,3)37-25(35)33-14-18(11-19(33)15-32-9-8-29-31-32)30-23(34)24-28-13-22(36-24)21-10-16(12-27)4-7-20(21)17-5-6-17/h4,7-10,13,17-19H,5-6,11,14-15H2,1-3H3,(H,30,34)/t18?,19-/m1/s1. The normalized spacial score (nSPS) is 19.5. The molecular formula is C26H29N7O4. The molecule has 1 aliphatic heterocycles. The average Bonchev–Trinajstić information content (AvgIpc) is 3.22. The molecule has 2 aliphatic rings.